The number of nitrogens with zero attached hydrogens (tertiary/aromatic N) is 2. The van der Waals surface area contributed by atoms with Gasteiger partial charge in [0.15, 0.2) is 0 Å². The van der Waals surface area contributed by atoms with Gasteiger partial charge < -0.3 is 4.74 Å². The highest BCUT2D eigenvalue weighted by atomic mass is 16.5. The molecule has 1 N–H and O–H groups in total. The minimum Gasteiger partial charge on any atom is -0.497 e. The molecular weight excluding hydrogens is 326 g/mol. The summed E-state index contributed by atoms with van der Waals surface area (Å²) in [7, 11) is 1.65. The Morgan fingerprint density at radius 2 is 1.85 bits per heavy atom. The summed E-state index contributed by atoms with van der Waals surface area (Å²) < 4.78 is 6.93. The van der Waals surface area contributed by atoms with Crippen LogP contribution in [0.15, 0.2) is 67.0 Å². The van der Waals surface area contributed by atoms with Gasteiger partial charge in [-0.2, -0.15) is 0 Å². The lowest BCUT2D eigenvalue weighted by molar-refractivity contribution is -0.118. The lowest BCUT2D eigenvalue weighted by atomic mass is 9.97. The molecule has 0 spiro atoms. The van der Waals surface area contributed by atoms with E-state index in [-0.39, 0.29) is 11.8 Å². The molecule has 0 aliphatic carbocycles. The van der Waals surface area contributed by atoms with E-state index in [1.165, 1.54) is 0 Å². The van der Waals surface area contributed by atoms with E-state index in [0.29, 0.717) is 0 Å². The van der Waals surface area contributed by atoms with Crippen LogP contribution in [0.25, 0.3) is 21.8 Å². The average molecular weight is 345 g/mol. The summed E-state index contributed by atoms with van der Waals surface area (Å²) >= 11 is 0. The van der Waals surface area contributed by atoms with Gasteiger partial charge in [-0.25, -0.2) is 9.66 Å². The quantitative estimate of drug-likeness (QED) is 0.606. The third kappa shape index (κ3) is 2.88. The van der Waals surface area contributed by atoms with Gasteiger partial charge in [0.2, 0.25) is 5.91 Å². The first-order valence-corrected chi connectivity index (χ1v) is 8.46. The Kier molecular flexibility index (Phi) is 4.05. The first kappa shape index (κ1) is 16.1. The maximum Gasteiger partial charge on any atom is 0.246 e. The van der Waals surface area contributed by atoms with Gasteiger partial charge in [-0.05, 0) is 47.5 Å². The van der Waals surface area contributed by atoms with Crippen molar-refractivity contribution in [3.63, 3.8) is 0 Å². The Balaban J connectivity index is 1.59. The second kappa shape index (κ2) is 6.52. The summed E-state index contributed by atoms with van der Waals surface area (Å²) in [6.07, 6.45) is 1.63. The van der Waals surface area contributed by atoms with Crippen LogP contribution in [0.2, 0.25) is 0 Å². The number of hydrogen-bond acceptors (Lipinski definition) is 3. The zero-order valence-electron chi connectivity index (χ0n) is 14.6. The maximum absolute atomic E-state index is 12.7. The number of benzene rings is 3. The fraction of sp³-hybridized carbons (Fsp3) is 0.143. The SMILES string of the molecule is COc1ccc2cc([C@H](C)C(=O)Nn3cnc4ccccc43)ccc2c1. The van der Waals surface area contributed by atoms with Crippen molar-refractivity contribution in [1.29, 1.82) is 0 Å². The molecule has 5 heteroatoms. The Morgan fingerprint density at radius 1 is 1.08 bits per heavy atom. The summed E-state index contributed by atoms with van der Waals surface area (Å²) in [4.78, 5) is 17.0. The molecule has 0 bridgehead atoms. The van der Waals surface area contributed by atoms with E-state index in [0.717, 1.165) is 33.1 Å². The van der Waals surface area contributed by atoms with Crippen molar-refractivity contribution in [3.05, 3.63) is 72.6 Å². The van der Waals surface area contributed by atoms with Crippen molar-refractivity contribution in [3.8, 4) is 5.75 Å². The number of nitrogens with one attached hydrogen (secondary N) is 1. The maximum atomic E-state index is 12.7. The molecule has 4 aromatic rings. The highest BCUT2D eigenvalue weighted by Crippen LogP contribution is 2.25. The van der Waals surface area contributed by atoms with E-state index < -0.39 is 0 Å². The Labute approximate surface area is 151 Å². The van der Waals surface area contributed by atoms with Crippen molar-refractivity contribution in [2.45, 2.75) is 12.8 Å². The van der Waals surface area contributed by atoms with Gasteiger partial charge in [-0.15, -0.1) is 0 Å². The van der Waals surface area contributed by atoms with Gasteiger partial charge in [0, 0.05) is 0 Å². The van der Waals surface area contributed by atoms with Crippen molar-refractivity contribution < 1.29 is 9.53 Å². The van der Waals surface area contributed by atoms with Crippen molar-refractivity contribution in [2.75, 3.05) is 12.5 Å². The molecule has 0 saturated carbocycles. The van der Waals surface area contributed by atoms with Crippen LogP contribution < -0.4 is 10.2 Å². The largest absolute Gasteiger partial charge is 0.497 e. The molecule has 3 aromatic carbocycles. The van der Waals surface area contributed by atoms with Crippen LogP contribution in [0.3, 0.4) is 0 Å². The standard InChI is InChI=1S/C21H19N3O2/c1-14(15-7-8-17-12-18(26-2)10-9-16(17)11-15)21(25)23-24-13-22-19-5-3-4-6-20(19)24/h3-14H,1-2H3,(H,23,25)/t14-/m0/s1. The minimum atomic E-state index is -0.289. The van der Waals surface area contributed by atoms with Crippen molar-refractivity contribution in [2.24, 2.45) is 0 Å². The zero-order chi connectivity index (χ0) is 18.1. The Hall–Kier alpha value is -3.34. The van der Waals surface area contributed by atoms with Crippen LogP contribution in [-0.2, 0) is 4.79 Å². The highest BCUT2D eigenvalue weighted by molar-refractivity contribution is 5.93. The smallest absolute Gasteiger partial charge is 0.246 e. The lowest BCUT2D eigenvalue weighted by Gasteiger charge is -2.14. The number of amides is 1. The number of methoxy groups -OCH3 is 1. The first-order valence-electron chi connectivity index (χ1n) is 8.46. The molecular formula is C21H19N3O2. The third-order valence-electron chi connectivity index (χ3n) is 4.65. The zero-order valence-corrected chi connectivity index (χ0v) is 14.6. The molecule has 26 heavy (non-hydrogen) atoms. The van der Waals surface area contributed by atoms with E-state index in [9.17, 15) is 4.79 Å². The van der Waals surface area contributed by atoms with Crippen LogP contribution >= 0.6 is 0 Å². The van der Waals surface area contributed by atoms with Gasteiger partial charge in [-0.3, -0.25) is 10.2 Å². The van der Waals surface area contributed by atoms with E-state index in [1.807, 2.05) is 67.6 Å². The van der Waals surface area contributed by atoms with Gasteiger partial charge in [0.1, 0.15) is 12.1 Å². The molecule has 0 saturated heterocycles. The number of hydrogen-bond donors (Lipinski definition) is 1. The van der Waals surface area contributed by atoms with Gasteiger partial charge in [0.25, 0.3) is 0 Å². The van der Waals surface area contributed by atoms with E-state index in [1.54, 1.807) is 18.1 Å². The van der Waals surface area contributed by atoms with Gasteiger partial charge in [0.05, 0.1) is 24.1 Å². The highest BCUT2D eigenvalue weighted by Gasteiger charge is 2.17. The van der Waals surface area contributed by atoms with Crippen molar-refractivity contribution >= 4 is 27.7 Å². The normalized spacial score (nSPS) is 12.2. The number of carbonyl (C=O) groups excluding carboxylic acids is 1. The number of ether oxygens (including phenoxy) is 1. The average Bonchev–Trinajstić information content (AvgIpc) is 3.09. The number of carbonyl (C=O) groups is 1. The first-order chi connectivity index (χ1) is 12.7. The molecule has 130 valence electrons. The molecule has 0 aliphatic heterocycles. The van der Waals surface area contributed by atoms with Crippen LogP contribution in [0, 0.1) is 0 Å². The summed E-state index contributed by atoms with van der Waals surface area (Å²) in [5, 5.41) is 2.16. The van der Waals surface area contributed by atoms with E-state index in [4.69, 9.17) is 4.74 Å². The number of rotatable bonds is 4. The predicted octanol–water partition coefficient (Wildman–Crippen LogP) is 4.07. The molecule has 0 fully saturated rings. The van der Waals surface area contributed by atoms with Gasteiger partial charge in [-0.1, -0.05) is 36.4 Å². The second-order valence-electron chi connectivity index (χ2n) is 6.27. The molecule has 1 aromatic heterocycles. The molecule has 5 nitrogen and oxygen atoms in total. The van der Waals surface area contributed by atoms with E-state index >= 15 is 0 Å². The van der Waals surface area contributed by atoms with Crippen LogP contribution in [0.5, 0.6) is 5.75 Å². The lowest BCUT2D eigenvalue weighted by Crippen LogP contribution is -2.26. The molecule has 1 amide bonds. The van der Waals surface area contributed by atoms with Crippen molar-refractivity contribution in [1.82, 2.24) is 9.66 Å². The predicted molar refractivity (Wildman–Crippen MR) is 103 cm³/mol. The Bertz CT molecular complexity index is 1100. The molecule has 4 rings (SSSR count). The monoisotopic (exact) mass is 345 g/mol. The summed E-state index contributed by atoms with van der Waals surface area (Å²) in [6, 6.07) is 19.7. The van der Waals surface area contributed by atoms with Crippen LogP contribution in [0.4, 0.5) is 0 Å². The number of imidazole rings is 1. The molecule has 1 atom stereocenters. The summed E-state index contributed by atoms with van der Waals surface area (Å²) in [6.45, 7) is 1.90. The Morgan fingerprint density at radius 3 is 2.69 bits per heavy atom. The minimum absolute atomic E-state index is 0.0824. The number of fused-ring (bicyclic) bond motifs is 2. The van der Waals surface area contributed by atoms with Crippen LogP contribution in [-0.4, -0.2) is 22.7 Å². The molecule has 0 unspecified atom stereocenters. The molecule has 0 radical (unpaired) electrons. The fourth-order valence-corrected chi connectivity index (χ4v) is 3.05. The van der Waals surface area contributed by atoms with Crippen LogP contribution in [0.1, 0.15) is 18.4 Å². The second-order valence-corrected chi connectivity index (χ2v) is 6.27. The van der Waals surface area contributed by atoms with E-state index in [2.05, 4.69) is 10.4 Å². The third-order valence-corrected chi connectivity index (χ3v) is 4.65. The molecule has 0 aliphatic rings. The number of para-hydroxylation sites is 2. The fourth-order valence-electron chi connectivity index (χ4n) is 3.05. The number of aromatic nitrogens is 2. The summed E-state index contributed by atoms with van der Waals surface area (Å²) in [5.74, 6) is 0.451. The van der Waals surface area contributed by atoms with Gasteiger partial charge >= 0.3 is 0 Å². The summed E-state index contributed by atoms with van der Waals surface area (Å²) in [5.41, 5.74) is 5.61. The molecule has 1 heterocycles. The topological polar surface area (TPSA) is 56.1 Å².